The summed E-state index contributed by atoms with van der Waals surface area (Å²) in [5, 5.41) is 0. The molecule has 0 radical (unpaired) electrons. The largest absolute Gasteiger partial charge is 0.343 e. The second-order valence-corrected chi connectivity index (χ2v) is 6.28. The van der Waals surface area contributed by atoms with Crippen LogP contribution in [-0.2, 0) is 17.2 Å². The smallest absolute Gasteiger partial charge is 0.224 e. The lowest BCUT2D eigenvalue weighted by atomic mass is 10.3. The van der Waals surface area contributed by atoms with Crippen molar-refractivity contribution in [2.24, 2.45) is 0 Å². The van der Waals surface area contributed by atoms with Crippen molar-refractivity contribution in [2.45, 2.75) is 32.7 Å². The third-order valence-corrected chi connectivity index (χ3v) is 4.48. The molecule has 1 aromatic carbocycles. The number of carbonyl (C=O) groups excluding carboxylic acids is 1. The van der Waals surface area contributed by atoms with Gasteiger partial charge in [0.2, 0.25) is 5.91 Å². The Bertz CT molecular complexity index is 637. The number of imidazole rings is 1. The Morgan fingerprint density at radius 2 is 2.10 bits per heavy atom. The minimum Gasteiger partial charge on any atom is -0.343 e. The van der Waals surface area contributed by atoms with Crippen molar-refractivity contribution in [3.05, 3.63) is 27.6 Å². The highest BCUT2D eigenvalue weighted by Gasteiger charge is 2.14. The van der Waals surface area contributed by atoms with Gasteiger partial charge in [0, 0.05) is 29.6 Å². The average molecular weight is 420 g/mol. The SMILES string of the molecule is CCN(CC)C(=O)CCn1c(CCl)nc2cc(I)ccc21. The fourth-order valence-electron chi connectivity index (χ4n) is 2.45. The number of halogens is 2. The number of hydrogen-bond acceptors (Lipinski definition) is 2. The topological polar surface area (TPSA) is 38.1 Å². The third kappa shape index (κ3) is 3.69. The zero-order valence-corrected chi connectivity index (χ0v) is 15.2. The van der Waals surface area contributed by atoms with Crippen LogP contribution in [0.15, 0.2) is 18.2 Å². The number of benzene rings is 1. The highest BCUT2D eigenvalue weighted by molar-refractivity contribution is 14.1. The Morgan fingerprint density at radius 3 is 2.71 bits per heavy atom. The first kappa shape index (κ1) is 16.5. The molecule has 1 aromatic heterocycles. The molecule has 1 heterocycles. The Morgan fingerprint density at radius 1 is 1.38 bits per heavy atom. The number of amides is 1. The molecule has 0 atom stereocenters. The van der Waals surface area contributed by atoms with Crippen LogP contribution < -0.4 is 0 Å². The van der Waals surface area contributed by atoms with Gasteiger partial charge in [-0.15, -0.1) is 11.6 Å². The maximum absolute atomic E-state index is 12.1. The normalized spacial score (nSPS) is 11.0. The first-order valence-electron chi connectivity index (χ1n) is 7.09. The van der Waals surface area contributed by atoms with E-state index in [4.69, 9.17) is 11.6 Å². The number of fused-ring (bicyclic) bond motifs is 1. The molecule has 0 saturated carbocycles. The lowest BCUT2D eigenvalue weighted by Gasteiger charge is -2.19. The van der Waals surface area contributed by atoms with E-state index in [0.29, 0.717) is 18.8 Å². The Labute approximate surface area is 143 Å². The quantitative estimate of drug-likeness (QED) is 0.530. The third-order valence-electron chi connectivity index (χ3n) is 3.57. The van der Waals surface area contributed by atoms with Crippen LogP contribution in [0.5, 0.6) is 0 Å². The molecule has 0 aliphatic heterocycles. The van der Waals surface area contributed by atoms with E-state index in [-0.39, 0.29) is 5.91 Å². The van der Waals surface area contributed by atoms with Crippen LogP contribution in [0.1, 0.15) is 26.1 Å². The van der Waals surface area contributed by atoms with Crippen LogP contribution in [0.25, 0.3) is 11.0 Å². The van der Waals surface area contributed by atoms with E-state index >= 15 is 0 Å². The summed E-state index contributed by atoms with van der Waals surface area (Å²) in [7, 11) is 0. The zero-order valence-electron chi connectivity index (χ0n) is 12.3. The van der Waals surface area contributed by atoms with Crippen LogP contribution in [0.2, 0.25) is 0 Å². The second kappa shape index (κ2) is 7.45. The van der Waals surface area contributed by atoms with Gasteiger partial charge in [0.15, 0.2) is 0 Å². The van der Waals surface area contributed by atoms with E-state index in [0.717, 1.165) is 33.5 Å². The molecular formula is C15H19ClIN3O. The van der Waals surface area contributed by atoms with Crippen molar-refractivity contribution < 1.29 is 4.79 Å². The molecule has 0 fully saturated rings. The van der Waals surface area contributed by atoms with Crippen molar-refractivity contribution in [3.8, 4) is 0 Å². The van der Waals surface area contributed by atoms with Gasteiger partial charge in [-0.1, -0.05) is 0 Å². The lowest BCUT2D eigenvalue weighted by Crippen LogP contribution is -2.31. The van der Waals surface area contributed by atoms with Gasteiger partial charge in [-0.3, -0.25) is 4.79 Å². The fraction of sp³-hybridized carbons (Fsp3) is 0.467. The summed E-state index contributed by atoms with van der Waals surface area (Å²) >= 11 is 8.26. The Balaban J connectivity index is 2.23. The lowest BCUT2D eigenvalue weighted by molar-refractivity contribution is -0.131. The molecular weight excluding hydrogens is 401 g/mol. The van der Waals surface area contributed by atoms with Gasteiger partial charge in [-0.05, 0) is 54.6 Å². The summed E-state index contributed by atoms with van der Waals surface area (Å²) in [6.45, 7) is 6.12. The number of aryl methyl sites for hydroxylation is 1. The summed E-state index contributed by atoms with van der Waals surface area (Å²) in [6, 6.07) is 6.13. The molecule has 4 nitrogen and oxygen atoms in total. The van der Waals surface area contributed by atoms with Crippen molar-refractivity contribution in [3.63, 3.8) is 0 Å². The van der Waals surface area contributed by atoms with Crippen LogP contribution >= 0.6 is 34.2 Å². The van der Waals surface area contributed by atoms with Gasteiger partial charge in [-0.25, -0.2) is 4.98 Å². The number of nitrogens with zero attached hydrogens (tertiary/aromatic N) is 3. The monoisotopic (exact) mass is 419 g/mol. The second-order valence-electron chi connectivity index (χ2n) is 4.76. The molecule has 21 heavy (non-hydrogen) atoms. The minimum absolute atomic E-state index is 0.174. The molecule has 2 aromatic rings. The van der Waals surface area contributed by atoms with Gasteiger partial charge in [-0.2, -0.15) is 0 Å². The van der Waals surface area contributed by atoms with Crippen molar-refractivity contribution >= 4 is 51.1 Å². The molecule has 0 aliphatic rings. The predicted octanol–water partition coefficient (Wildman–Crippen LogP) is 3.64. The number of rotatable bonds is 6. The van der Waals surface area contributed by atoms with E-state index in [9.17, 15) is 4.79 Å². The molecule has 114 valence electrons. The summed E-state index contributed by atoms with van der Waals surface area (Å²) in [6.07, 6.45) is 0.475. The molecule has 0 saturated heterocycles. The number of carbonyl (C=O) groups is 1. The van der Waals surface area contributed by atoms with Crippen LogP contribution in [-0.4, -0.2) is 33.4 Å². The molecule has 0 N–H and O–H groups in total. The molecule has 6 heteroatoms. The van der Waals surface area contributed by atoms with Gasteiger partial charge >= 0.3 is 0 Å². The van der Waals surface area contributed by atoms with Gasteiger partial charge in [0.25, 0.3) is 0 Å². The van der Waals surface area contributed by atoms with Crippen molar-refractivity contribution in [2.75, 3.05) is 13.1 Å². The first-order valence-corrected chi connectivity index (χ1v) is 8.70. The number of hydrogen-bond donors (Lipinski definition) is 0. The number of alkyl halides is 1. The first-order chi connectivity index (χ1) is 10.1. The molecule has 0 aliphatic carbocycles. The summed E-state index contributed by atoms with van der Waals surface area (Å²) in [4.78, 5) is 18.6. The zero-order chi connectivity index (χ0) is 15.4. The van der Waals surface area contributed by atoms with E-state index in [1.807, 2.05) is 36.9 Å². The molecule has 1 amide bonds. The average Bonchev–Trinajstić information content (AvgIpc) is 2.83. The molecule has 0 bridgehead atoms. The predicted molar refractivity (Wildman–Crippen MR) is 94.6 cm³/mol. The Kier molecular flexibility index (Phi) is 5.87. The van der Waals surface area contributed by atoms with Gasteiger partial charge in [0.1, 0.15) is 5.82 Å². The maximum Gasteiger partial charge on any atom is 0.224 e. The van der Waals surface area contributed by atoms with Crippen molar-refractivity contribution in [1.29, 1.82) is 0 Å². The highest BCUT2D eigenvalue weighted by Crippen LogP contribution is 2.20. The molecule has 0 unspecified atom stereocenters. The van der Waals surface area contributed by atoms with E-state index in [1.165, 1.54) is 0 Å². The summed E-state index contributed by atoms with van der Waals surface area (Å²) < 4.78 is 3.20. The van der Waals surface area contributed by atoms with E-state index in [2.05, 4.69) is 32.1 Å². The fourth-order valence-corrected chi connectivity index (χ4v) is 3.13. The van der Waals surface area contributed by atoms with Crippen LogP contribution in [0, 0.1) is 3.57 Å². The van der Waals surface area contributed by atoms with Gasteiger partial charge in [0.05, 0.1) is 16.9 Å². The van der Waals surface area contributed by atoms with E-state index < -0.39 is 0 Å². The summed E-state index contributed by atoms with van der Waals surface area (Å²) in [5.41, 5.74) is 1.98. The molecule has 2 rings (SSSR count). The standard InChI is InChI=1S/C15H19ClIN3O/c1-3-19(4-2)15(21)7-8-20-13-6-5-11(17)9-12(13)18-14(20)10-16/h5-6,9H,3-4,7-8,10H2,1-2H3. The van der Waals surface area contributed by atoms with Gasteiger partial charge < -0.3 is 9.47 Å². The number of aromatic nitrogens is 2. The maximum atomic E-state index is 12.1. The minimum atomic E-state index is 0.174. The van der Waals surface area contributed by atoms with Crippen LogP contribution in [0.3, 0.4) is 0 Å². The van der Waals surface area contributed by atoms with Crippen LogP contribution in [0.4, 0.5) is 0 Å². The Hall–Kier alpha value is -0.820. The molecule has 0 spiro atoms. The van der Waals surface area contributed by atoms with Crippen molar-refractivity contribution in [1.82, 2.24) is 14.5 Å². The van der Waals surface area contributed by atoms with E-state index in [1.54, 1.807) is 0 Å². The summed E-state index contributed by atoms with van der Waals surface area (Å²) in [5.74, 6) is 1.35. The highest BCUT2D eigenvalue weighted by atomic mass is 127.